The molecule has 1 aromatic rings. The number of carbonyl (C=O) groups excluding carboxylic acids is 1. The summed E-state index contributed by atoms with van der Waals surface area (Å²) in [5.74, 6) is 0.224. The van der Waals surface area contributed by atoms with Crippen LogP contribution in [0.25, 0.3) is 0 Å². The van der Waals surface area contributed by atoms with E-state index in [-0.39, 0.29) is 18.7 Å². The number of benzene rings is 1. The molecule has 0 aromatic heterocycles. The van der Waals surface area contributed by atoms with Crippen LogP contribution in [0.15, 0.2) is 22.7 Å². The fraction of sp³-hybridized carbons (Fsp3) is 0.417. The summed E-state index contributed by atoms with van der Waals surface area (Å²) >= 11 is 3.35. The normalized spacial score (nSPS) is 10.4. The topological polar surface area (TPSA) is 61.5 Å². The molecule has 0 heterocycles. The fourth-order valence-corrected chi connectivity index (χ4v) is 1.69. The minimum absolute atomic E-state index is 0.104. The van der Waals surface area contributed by atoms with E-state index in [2.05, 4.69) is 15.9 Å². The van der Waals surface area contributed by atoms with E-state index in [9.17, 15) is 4.79 Å². The summed E-state index contributed by atoms with van der Waals surface area (Å²) in [6.45, 7) is 3.84. The zero-order chi connectivity index (χ0) is 12.8. The van der Waals surface area contributed by atoms with Gasteiger partial charge in [-0.15, -0.1) is 0 Å². The van der Waals surface area contributed by atoms with Crippen LogP contribution in [0.4, 0.5) is 0 Å². The van der Waals surface area contributed by atoms with Gasteiger partial charge >= 0.3 is 5.97 Å². The second-order valence-electron chi connectivity index (χ2n) is 3.78. The summed E-state index contributed by atoms with van der Waals surface area (Å²) in [6.07, 6.45) is -0.134. The molecular formula is C12H16BrNO3. The number of hydrogen-bond donors (Lipinski definition) is 1. The van der Waals surface area contributed by atoms with Gasteiger partial charge in [-0.05, 0) is 32.0 Å². The SMILES string of the molecule is CC(C)OC(=O)COc1ccc(Br)cc1CN. The van der Waals surface area contributed by atoms with Gasteiger partial charge in [-0.25, -0.2) is 4.79 Å². The molecule has 0 aliphatic carbocycles. The van der Waals surface area contributed by atoms with Crippen molar-refractivity contribution in [1.82, 2.24) is 0 Å². The van der Waals surface area contributed by atoms with Crippen LogP contribution in [0.1, 0.15) is 19.4 Å². The highest BCUT2D eigenvalue weighted by Crippen LogP contribution is 2.22. The van der Waals surface area contributed by atoms with E-state index in [0.717, 1.165) is 10.0 Å². The molecule has 1 rings (SSSR count). The molecule has 0 amide bonds. The zero-order valence-electron chi connectivity index (χ0n) is 9.90. The largest absolute Gasteiger partial charge is 0.482 e. The molecule has 0 radical (unpaired) electrons. The van der Waals surface area contributed by atoms with Crippen LogP contribution in [0.2, 0.25) is 0 Å². The summed E-state index contributed by atoms with van der Waals surface area (Å²) in [5, 5.41) is 0. The molecule has 0 aliphatic rings. The van der Waals surface area contributed by atoms with E-state index < -0.39 is 0 Å². The first-order valence-corrected chi connectivity index (χ1v) is 6.13. The molecule has 0 saturated heterocycles. The van der Waals surface area contributed by atoms with Gasteiger partial charge in [0.1, 0.15) is 5.75 Å². The van der Waals surface area contributed by atoms with Gasteiger partial charge in [0, 0.05) is 16.6 Å². The van der Waals surface area contributed by atoms with Crippen LogP contribution >= 0.6 is 15.9 Å². The van der Waals surface area contributed by atoms with Crippen LogP contribution in [0.5, 0.6) is 5.75 Å². The smallest absolute Gasteiger partial charge is 0.344 e. The Morgan fingerprint density at radius 1 is 1.47 bits per heavy atom. The fourth-order valence-electron chi connectivity index (χ4n) is 1.28. The van der Waals surface area contributed by atoms with E-state index in [1.165, 1.54) is 0 Å². The number of ether oxygens (including phenoxy) is 2. The second kappa shape index (κ2) is 6.61. The molecule has 0 bridgehead atoms. The molecule has 0 fully saturated rings. The maximum Gasteiger partial charge on any atom is 0.344 e. The number of nitrogens with two attached hydrogens (primary N) is 1. The van der Waals surface area contributed by atoms with Gasteiger partial charge in [-0.1, -0.05) is 15.9 Å². The van der Waals surface area contributed by atoms with Gasteiger partial charge in [0.05, 0.1) is 6.10 Å². The lowest BCUT2D eigenvalue weighted by atomic mass is 10.2. The van der Waals surface area contributed by atoms with Crippen LogP contribution < -0.4 is 10.5 Å². The first-order chi connectivity index (χ1) is 8.02. The molecule has 2 N–H and O–H groups in total. The van der Waals surface area contributed by atoms with Crippen LogP contribution in [-0.4, -0.2) is 18.7 Å². The standard InChI is InChI=1S/C12H16BrNO3/c1-8(2)17-12(15)7-16-11-4-3-10(13)5-9(11)6-14/h3-5,8H,6-7,14H2,1-2H3. The summed E-state index contributed by atoms with van der Waals surface area (Å²) in [7, 11) is 0. The van der Waals surface area contributed by atoms with Crippen molar-refractivity contribution in [2.45, 2.75) is 26.5 Å². The summed E-state index contributed by atoms with van der Waals surface area (Å²) in [6, 6.07) is 5.47. The lowest BCUT2D eigenvalue weighted by molar-refractivity contribution is -0.149. The van der Waals surface area contributed by atoms with E-state index in [0.29, 0.717) is 12.3 Å². The molecule has 0 unspecified atom stereocenters. The minimum atomic E-state index is -0.383. The Hall–Kier alpha value is -1.07. The van der Waals surface area contributed by atoms with E-state index >= 15 is 0 Å². The molecule has 0 atom stereocenters. The Labute approximate surface area is 109 Å². The average molecular weight is 302 g/mol. The molecular weight excluding hydrogens is 286 g/mol. The number of carbonyl (C=O) groups is 1. The van der Waals surface area contributed by atoms with E-state index in [1.54, 1.807) is 19.9 Å². The van der Waals surface area contributed by atoms with Gasteiger partial charge in [0.25, 0.3) is 0 Å². The third-order valence-electron chi connectivity index (χ3n) is 1.96. The monoisotopic (exact) mass is 301 g/mol. The first-order valence-electron chi connectivity index (χ1n) is 5.33. The molecule has 0 aliphatic heterocycles. The van der Waals surface area contributed by atoms with Crippen LogP contribution in [0, 0.1) is 0 Å². The molecule has 4 nitrogen and oxygen atoms in total. The van der Waals surface area contributed by atoms with Crippen molar-refractivity contribution in [2.75, 3.05) is 6.61 Å². The highest BCUT2D eigenvalue weighted by molar-refractivity contribution is 9.10. The number of esters is 1. The third kappa shape index (κ3) is 4.75. The third-order valence-corrected chi connectivity index (χ3v) is 2.45. The highest BCUT2D eigenvalue weighted by Gasteiger charge is 2.09. The van der Waals surface area contributed by atoms with Gasteiger partial charge in [0.2, 0.25) is 0 Å². The number of hydrogen-bond acceptors (Lipinski definition) is 4. The van der Waals surface area contributed by atoms with Gasteiger partial charge in [0.15, 0.2) is 6.61 Å². The molecule has 0 spiro atoms. The van der Waals surface area contributed by atoms with Crippen LogP contribution in [0.3, 0.4) is 0 Å². The average Bonchev–Trinajstić information content (AvgIpc) is 2.26. The number of rotatable bonds is 5. The Balaban J connectivity index is 2.60. The van der Waals surface area contributed by atoms with Gasteiger partial charge in [-0.2, -0.15) is 0 Å². The maximum absolute atomic E-state index is 11.3. The molecule has 1 aromatic carbocycles. The highest BCUT2D eigenvalue weighted by atomic mass is 79.9. The van der Waals surface area contributed by atoms with Crippen molar-refractivity contribution in [3.05, 3.63) is 28.2 Å². The van der Waals surface area contributed by atoms with Crippen molar-refractivity contribution in [2.24, 2.45) is 5.73 Å². The lowest BCUT2D eigenvalue weighted by Gasteiger charge is -2.11. The Morgan fingerprint density at radius 2 is 2.18 bits per heavy atom. The van der Waals surface area contributed by atoms with Crippen molar-refractivity contribution in [1.29, 1.82) is 0 Å². The van der Waals surface area contributed by atoms with Crippen LogP contribution in [-0.2, 0) is 16.1 Å². The van der Waals surface area contributed by atoms with Gasteiger partial charge < -0.3 is 15.2 Å². The molecule has 5 heteroatoms. The predicted molar refractivity (Wildman–Crippen MR) is 68.8 cm³/mol. The molecule has 94 valence electrons. The Kier molecular flexibility index (Phi) is 5.44. The summed E-state index contributed by atoms with van der Waals surface area (Å²) in [5.41, 5.74) is 6.43. The molecule has 0 saturated carbocycles. The Morgan fingerprint density at radius 3 is 2.76 bits per heavy atom. The summed E-state index contributed by atoms with van der Waals surface area (Å²) in [4.78, 5) is 11.3. The van der Waals surface area contributed by atoms with Crippen molar-refractivity contribution in [3.63, 3.8) is 0 Å². The zero-order valence-corrected chi connectivity index (χ0v) is 11.5. The van der Waals surface area contributed by atoms with Crippen molar-refractivity contribution >= 4 is 21.9 Å². The quantitative estimate of drug-likeness (QED) is 0.847. The first kappa shape index (κ1) is 14.0. The summed E-state index contributed by atoms with van der Waals surface area (Å²) < 4.78 is 11.3. The predicted octanol–water partition coefficient (Wildman–Crippen LogP) is 2.24. The molecule has 17 heavy (non-hydrogen) atoms. The minimum Gasteiger partial charge on any atom is -0.482 e. The second-order valence-corrected chi connectivity index (χ2v) is 4.70. The Bertz CT molecular complexity index is 393. The maximum atomic E-state index is 11.3. The van der Waals surface area contributed by atoms with E-state index in [1.807, 2.05) is 12.1 Å². The van der Waals surface area contributed by atoms with Crippen molar-refractivity contribution < 1.29 is 14.3 Å². The van der Waals surface area contributed by atoms with E-state index in [4.69, 9.17) is 15.2 Å². The van der Waals surface area contributed by atoms with Gasteiger partial charge in [-0.3, -0.25) is 0 Å². The van der Waals surface area contributed by atoms with Crippen molar-refractivity contribution in [3.8, 4) is 5.75 Å². The lowest BCUT2D eigenvalue weighted by Crippen LogP contribution is -2.19. The number of halogens is 1.